The zero-order valence-electron chi connectivity index (χ0n) is 16.0. The first kappa shape index (κ1) is 19.3. The van der Waals surface area contributed by atoms with Crippen LogP contribution in [0.25, 0.3) is 0 Å². The van der Waals surface area contributed by atoms with E-state index >= 15 is 0 Å². The van der Waals surface area contributed by atoms with Crippen molar-refractivity contribution in [2.45, 2.75) is 49.7 Å². The molecule has 0 aliphatic carbocycles. The number of carbonyl (C=O) groups excluding carboxylic acids is 2. The van der Waals surface area contributed by atoms with Crippen molar-refractivity contribution < 1.29 is 13.8 Å². The Morgan fingerprint density at radius 1 is 1.15 bits per heavy atom. The van der Waals surface area contributed by atoms with Gasteiger partial charge < -0.3 is 10.6 Å². The van der Waals surface area contributed by atoms with Crippen LogP contribution in [0.5, 0.6) is 0 Å². The highest BCUT2D eigenvalue weighted by atomic mass is 32.2. The third kappa shape index (κ3) is 3.95. The minimum atomic E-state index is -1.56. The Bertz CT molecular complexity index is 931. The first-order valence-corrected chi connectivity index (χ1v) is 10.1. The van der Waals surface area contributed by atoms with Gasteiger partial charge in [0.2, 0.25) is 11.8 Å². The average Bonchev–Trinajstić information content (AvgIpc) is 2.59. The molecule has 2 aromatic carbocycles. The van der Waals surface area contributed by atoms with E-state index < -0.39 is 16.0 Å². The van der Waals surface area contributed by atoms with Gasteiger partial charge in [0.05, 0.1) is 27.8 Å². The first-order chi connectivity index (χ1) is 12.7. The van der Waals surface area contributed by atoms with Crippen molar-refractivity contribution in [2.75, 3.05) is 10.6 Å². The fourth-order valence-electron chi connectivity index (χ4n) is 3.19. The summed E-state index contributed by atoms with van der Waals surface area (Å²) in [5, 5.41) is 4.79. The van der Waals surface area contributed by atoms with Gasteiger partial charge in [0, 0.05) is 5.69 Å². The highest BCUT2D eigenvalue weighted by molar-refractivity contribution is 7.86. The van der Waals surface area contributed by atoms with Crippen molar-refractivity contribution in [2.24, 2.45) is 0 Å². The lowest BCUT2D eigenvalue weighted by Crippen LogP contribution is -2.39. The number of nitrogens with one attached hydrogen (secondary N) is 2. The Hall–Kier alpha value is -2.47. The summed E-state index contributed by atoms with van der Waals surface area (Å²) in [5.74, 6) is -0.703. The highest BCUT2D eigenvalue weighted by Gasteiger charge is 2.35. The lowest BCUT2D eigenvalue weighted by Gasteiger charge is -2.26. The molecule has 0 radical (unpaired) electrons. The van der Waals surface area contributed by atoms with E-state index in [4.69, 9.17) is 0 Å². The number of rotatable bonds is 3. The van der Waals surface area contributed by atoms with Crippen LogP contribution in [0.1, 0.15) is 38.3 Å². The van der Waals surface area contributed by atoms with Crippen molar-refractivity contribution in [1.29, 1.82) is 0 Å². The molecule has 0 saturated heterocycles. The van der Waals surface area contributed by atoms with Crippen LogP contribution in [0.15, 0.2) is 47.4 Å². The van der Waals surface area contributed by atoms with Crippen LogP contribution < -0.4 is 10.6 Å². The second kappa shape index (κ2) is 7.27. The second-order valence-electron chi connectivity index (χ2n) is 7.77. The van der Waals surface area contributed by atoms with E-state index in [1.807, 2.05) is 25.1 Å². The monoisotopic (exact) mass is 384 g/mol. The van der Waals surface area contributed by atoms with E-state index in [2.05, 4.69) is 31.4 Å². The standard InChI is InChI=1S/C21H24N2O3S/c1-13-8-7-9-14(21(2,3)4)19(13)23-18(24)12-17-20(25)22-15-10-5-6-11-16(15)27(17)26/h5-11,17H,12H2,1-4H3,(H,22,25)(H,23,24)/t17-,27-/m1/s1. The first-order valence-electron chi connectivity index (χ1n) is 8.89. The van der Waals surface area contributed by atoms with Crippen molar-refractivity contribution in [1.82, 2.24) is 0 Å². The topological polar surface area (TPSA) is 75.3 Å². The van der Waals surface area contributed by atoms with Gasteiger partial charge >= 0.3 is 0 Å². The van der Waals surface area contributed by atoms with Gasteiger partial charge in [-0.1, -0.05) is 51.1 Å². The molecule has 3 rings (SSSR count). The van der Waals surface area contributed by atoms with Crippen LogP contribution in [0.2, 0.25) is 0 Å². The third-order valence-corrected chi connectivity index (χ3v) is 6.32. The summed E-state index contributed by atoms with van der Waals surface area (Å²) >= 11 is 0. The molecule has 1 aliphatic rings. The molecule has 2 atom stereocenters. The van der Waals surface area contributed by atoms with E-state index in [1.165, 1.54) is 0 Å². The van der Waals surface area contributed by atoms with Gasteiger partial charge in [-0.25, -0.2) is 0 Å². The summed E-state index contributed by atoms with van der Waals surface area (Å²) < 4.78 is 12.8. The molecular weight excluding hydrogens is 360 g/mol. The third-order valence-electron chi connectivity index (χ3n) is 4.63. The summed E-state index contributed by atoms with van der Waals surface area (Å²) in [7, 11) is -1.56. The van der Waals surface area contributed by atoms with Gasteiger partial charge in [-0.15, -0.1) is 0 Å². The molecule has 0 saturated carbocycles. The summed E-state index contributed by atoms with van der Waals surface area (Å²) in [5.41, 5.74) is 3.15. The fraction of sp³-hybridized carbons (Fsp3) is 0.333. The van der Waals surface area contributed by atoms with Gasteiger partial charge in [-0.05, 0) is 35.6 Å². The lowest BCUT2D eigenvalue weighted by molar-refractivity contribution is -0.120. The van der Waals surface area contributed by atoms with Crippen LogP contribution in [0, 0.1) is 6.92 Å². The average molecular weight is 385 g/mol. The van der Waals surface area contributed by atoms with Crippen molar-refractivity contribution in [3.8, 4) is 0 Å². The van der Waals surface area contributed by atoms with Crippen molar-refractivity contribution in [3.05, 3.63) is 53.6 Å². The molecule has 0 aromatic heterocycles. The second-order valence-corrected chi connectivity index (χ2v) is 9.37. The number of hydrogen-bond donors (Lipinski definition) is 2. The van der Waals surface area contributed by atoms with E-state index in [9.17, 15) is 13.8 Å². The van der Waals surface area contributed by atoms with E-state index in [1.54, 1.807) is 24.3 Å². The van der Waals surface area contributed by atoms with Crippen LogP contribution in [0.4, 0.5) is 11.4 Å². The largest absolute Gasteiger partial charge is 0.326 e. The van der Waals surface area contributed by atoms with Gasteiger partial charge in [-0.2, -0.15) is 0 Å². The Labute approximate surface area is 162 Å². The molecule has 0 fully saturated rings. The number of para-hydroxylation sites is 2. The van der Waals surface area contributed by atoms with Gasteiger partial charge in [0.1, 0.15) is 5.25 Å². The minimum absolute atomic E-state index is 0.134. The molecule has 2 N–H and O–H groups in total. The molecular formula is C21H24N2O3S. The van der Waals surface area contributed by atoms with Crippen LogP contribution in [-0.2, 0) is 25.8 Å². The maximum Gasteiger partial charge on any atom is 0.241 e. The maximum absolute atomic E-state index is 12.8. The zero-order chi connectivity index (χ0) is 19.8. The maximum atomic E-state index is 12.8. The molecule has 27 heavy (non-hydrogen) atoms. The molecule has 142 valence electrons. The fourth-order valence-corrected chi connectivity index (χ4v) is 4.61. The van der Waals surface area contributed by atoms with Gasteiger partial charge in [-0.3, -0.25) is 13.8 Å². The Balaban J connectivity index is 1.82. The van der Waals surface area contributed by atoms with E-state index in [-0.39, 0.29) is 23.7 Å². The summed E-state index contributed by atoms with van der Waals surface area (Å²) in [6.45, 7) is 8.18. The summed E-state index contributed by atoms with van der Waals surface area (Å²) in [4.78, 5) is 25.6. The van der Waals surface area contributed by atoms with E-state index in [0.29, 0.717) is 10.6 Å². The molecule has 6 heteroatoms. The summed E-state index contributed by atoms with van der Waals surface area (Å²) in [6.07, 6.45) is -0.134. The number of benzene rings is 2. The minimum Gasteiger partial charge on any atom is -0.326 e. The van der Waals surface area contributed by atoms with Crippen LogP contribution in [0.3, 0.4) is 0 Å². The normalized spacial score (nSPS) is 19.2. The Morgan fingerprint density at radius 2 is 1.85 bits per heavy atom. The molecule has 2 aromatic rings. The van der Waals surface area contributed by atoms with Gasteiger partial charge in [0.25, 0.3) is 0 Å². The predicted molar refractivity (Wildman–Crippen MR) is 108 cm³/mol. The summed E-state index contributed by atoms with van der Waals surface area (Å²) in [6, 6.07) is 12.9. The molecule has 0 spiro atoms. The Morgan fingerprint density at radius 3 is 2.56 bits per heavy atom. The zero-order valence-corrected chi connectivity index (χ0v) is 16.8. The van der Waals surface area contributed by atoms with Crippen LogP contribution in [-0.4, -0.2) is 21.3 Å². The number of anilines is 2. The van der Waals surface area contributed by atoms with Crippen molar-refractivity contribution >= 4 is 34.0 Å². The van der Waals surface area contributed by atoms with Gasteiger partial charge in [0.15, 0.2) is 0 Å². The molecule has 5 nitrogen and oxygen atoms in total. The number of aryl methyl sites for hydroxylation is 1. The van der Waals surface area contributed by atoms with E-state index in [0.717, 1.165) is 16.8 Å². The quantitative estimate of drug-likeness (QED) is 0.846. The molecule has 2 amide bonds. The molecule has 1 heterocycles. The smallest absolute Gasteiger partial charge is 0.241 e. The number of amides is 2. The van der Waals surface area contributed by atoms with Crippen LogP contribution >= 0.6 is 0 Å². The molecule has 0 unspecified atom stereocenters. The Kier molecular flexibility index (Phi) is 5.20. The molecule has 0 bridgehead atoms. The number of hydrogen-bond acceptors (Lipinski definition) is 3. The molecule has 1 aliphatic heterocycles. The number of fused-ring (bicyclic) bond motifs is 1. The highest BCUT2D eigenvalue weighted by Crippen LogP contribution is 2.33. The SMILES string of the molecule is Cc1cccc(C(C)(C)C)c1NC(=O)C[C@@H]1C(=O)Nc2ccccc2[S@]1=O. The number of carbonyl (C=O) groups is 2. The van der Waals surface area contributed by atoms with Crippen molar-refractivity contribution in [3.63, 3.8) is 0 Å². The lowest BCUT2D eigenvalue weighted by atomic mass is 9.84. The predicted octanol–water partition coefficient (Wildman–Crippen LogP) is 3.75.